The second-order valence-corrected chi connectivity index (χ2v) is 7.74. The third-order valence-corrected chi connectivity index (χ3v) is 6.03. The van der Waals surface area contributed by atoms with Crippen molar-refractivity contribution < 1.29 is 19.1 Å². The average Bonchev–Trinajstić information content (AvgIpc) is 2.74. The van der Waals surface area contributed by atoms with Gasteiger partial charge in [-0.05, 0) is 54.1 Å². The molecule has 1 aliphatic rings. The number of Topliss-reactive ketones (excluding diaryl/α,β-unsaturated/α-hetero) is 1. The lowest BCUT2D eigenvalue weighted by molar-refractivity contribution is -0.123. The first-order valence-electron chi connectivity index (χ1n) is 8.97. The first kappa shape index (κ1) is 19.1. The standard InChI is InChI=1S/C22H17FN2O3S/c23-16-3-5-17(6-4-16)25-20(15-1-7-18(26)8-2-15)21(22(25)28)29-13-19(27)14-9-11-24-12-10-14/h1-12,20-21,26H,13H2. The summed E-state index contributed by atoms with van der Waals surface area (Å²) in [5, 5.41) is 9.14. The lowest BCUT2D eigenvalue weighted by atomic mass is 9.92. The van der Waals surface area contributed by atoms with E-state index in [-0.39, 0.29) is 35.1 Å². The van der Waals surface area contributed by atoms with Gasteiger partial charge in [0.05, 0.1) is 11.8 Å². The predicted molar refractivity (Wildman–Crippen MR) is 110 cm³/mol. The lowest BCUT2D eigenvalue weighted by Crippen LogP contribution is -2.57. The van der Waals surface area contributed by atoms with Crippen LogP contribution in [0.2, 0.25) is 0 Å². The highest BCUT2D eigenvalue weighted by molar-refractivity contribution is 8.01. The van der Waals surface area contributed by atoms with Crippen molar-refractivity contribution in [3.63, 3.8) is 0 Å². The number of phenols is 1. The number of halogens is 1. The Labute approximate surface area is 171 Å². The van der Waals surface area contributed by atoms with Crippen molar-refractivity contribution in [3.05, 3.63) is 90.0 Å². The molecule has 4 rings (SSSR count). The zero-order valence-electron chi connectivity index (χ0n) is 15.2. The number of phenolic OH excluding ortho intramolecular Hbond substituents is 1. The van der Waals surface area contributed by atoms with Crippen LogP contribution in [0.1, 0.15) is 22.0 Å². The van der Waals surface area contributed by atoms with Crippen molar-refractivity contribution in [2.75, 3.05) is 10.7 Å². The summed E-state index contributed by atoms with van der Waals surface area (Å²) in [6.45, 7) is 0. The number of aromatic hydroxyl groups is 1. The number of carbonyl (C=O) groups is 2. The molecule has 1 saturated heterocycles. The molecule has 0 saturated carbocycles. The Morgan fingerprint density at radius 1 is 1.03 bits per heavy atom. The quantitative estimate of drug-likeness (QED) is 0.493. The van der Waals surface area contributed by atoms with E-state index in [0.717, 1.165) is 5.56 Å². The number of anilines is 1. The molecule has 29 heavy (non-hydrogen) atoms. The average molecular weight is 408 g/mol. The molecule has 1 aliphatic heterocycles. The Morgan fingerprint density at radius 2 is 1.69 bits per heavy atom. The molecule has 5 nitrogen and oxygen atoms in total. The van der Waals surface area contributed by atoms with Gasteiger partial charge in [-0.1, -0.05) is 12.1 Å². The van der Waals surface area contributed by atoms with Gasteiger partial charge >= 0.3 is 0 Å². The molecule has 0 radical (unpaired) electrons. The number of thioether (sulfide) groups is 1. The first-order chi connectivity index (χ1) is 14.0. The van der Waals surface area contributed by atoms with E-state index >= 15 is 0 Å². The van der Waals surface area contributed by atoms with Crippen LogP contribution < -0.4 is 4.90 Å². The molecule has 1 N–H and O–H groups in total. The summed E-state index contributed by atoms with van der Waals surface area (Å²) in [7, 11) is 0. The molecule has 0 aliphatic carbocycles. The van der Waals surface area contributed by atoms with Crippen LogP contribution in [0.5, 0.6) is 5.75 Å². The highest BCUT2D eigenvalue weighted by Crippen LogP contribution is 2.45. The van der Waals surface area contributed by atoms with Gasteiger partial charge in [-0.15, -0.1) is 11.8 Å². The molecular formula is C22H17FN2O3S. The van der Waals surface area contributed by atoms with Crippen LogP contribution in [-0.2, 0) is 4.79 Å². The number of rotatable bonds is 6. The van der Waals surface area contributed by atoms with Crippen LogP contribution in [0, 0.1) is 5.82 Å². The van der Waals surface area contributed by atoms with E-state index in [1.54, 1.807) is 65.8 Å². The highest BCUT2D eigenvalue weighted by atomic mass is 32.2. The second kappa shape index (κ2) is 8.05. The SMILES string of the molecule is O=C(CSC1C(=O)N(c2ccc(F)cc2)C1c1ccc(O)cc1)c1ccncc1. The molecule has 7 heteroatoms. The van der Waals surface area contributed by atoms with E-state index in [9.17, 15) is 19.1 Å². The number of aromatic nitrogens is 1. The Bertz CT molecular complexity index is 1030. The molecule has 1 amide bonds. The smallest absolute Gasteiger partial charge is 0.243 e. The van der Waals surface area contributed by atoms with Crippen molar-refractivity contribution >= 4 is 29.1 Å². The van der Waals surface area contributed by atoms with E-state index < -0.39 is 5.25 Å². The fourth-order valence-electron chi connectivity index (χ4n) is 3.30. The Morgan fingerprint density at radius 3 is 2.34 bits per heavy atom. The van der Waals surface area contributed by atoms with Gasteiger partial charge in [0.1, 0.15) is 16.8 Å². The van der Waals surface area contributed by atoms with Gasteiger partial charge in [0.25, 0.3) is 0 Å². The zero-order valence-corrected chi connectivity index (χ0v) is 16.1. The molecule has 1 aromatic heterocycles. The number of nitrogens with zero attached hydrogens (tertiary/aromatic N) is 2. The van der Waals surface area contributed by atoms with E-state index in [2.05, 4.69) is 4.98 Å². The van der Waals surface area contributed by atoms with E-state index in [4.69, 9.17) is 0 Å². The lowest BCUT2D eigenvalue weighted by Gasteiger charge is -2.47. The van der Waals surface area contributed by atoms with Gasteiger partial charge in [0.2, 0.25) is 5.91 Å². The Balaban J connectivity index is 1.57. The predicted octanol–water partition coefficient (Wildman–Crippen LogP) is 4.00. The zero-order chi connectivity index (χ0) is 20.4. The first-order valence-corrected chi connectivity index (χ1v) is 10.0. The summed E-state index contributed by atoms with van der Waals surface area (Å²) in [5.74, 6) is -0.301. The van der Waals surface area contributed by atoms with Gasteiger partial charge in [0, 0.05) is 23.6 Å². The number of pyridine rings is 1. The van der Waals surface area contributed by atoms with Crippen LogP contribution in [0.25, 0.3) is 0 Å². The Kier molecular flexibility index (Phi) is 5.31. The molecular weight excluding hydrogens is 391 g/mol. The van der Waals surface area contributed by atoms with Crippen LogP contribution in [0.3, 0.4) is 0 Å². The van der Waals surface area contributed by atoms with Gasteiger partial charge in [0.15, 0.2) is 5.78 Å². The van der Waals surface area contributed by atoms with Gasteiger partial charge in [-0.2, -0.15) is 0 Å². The third-order valence-electron chi connectivity index (χ3n) is 4.78. The minimum absolute atomic E-state index is 0.0742. The maximum Gasteiger partial charge on any atom is 0.243 e. The molecule has 1 fully saturated rings. The summed E-state index contributed by atoms with van der Waals surface area (Å²) >= 11 is 1.29. The van der Waals surface area contributed by atoms with E-state index in [0.29, 0.717) is 11.3 Å². The van der Waals surface area contributed by atoms with Crippen LogP contribution in [0.15, 0.2) is 73.1 Å². The number of hydrogen-bond acceptors (Lipinski definition) is 5. The molecule has 0 bridgehead atoms. The monoisotopic (exact) mass is 408 g/mol. The Hall–Kier alpha value is -3.19. The van der Waals surface area contributed by atoms with Crippen LogP contribution in [-0.4, -0.2) is 32.8 Å². The van der Waals surface area contributed by atoms with Crippen molar-refractivity contribution in [2.45, 2.75) is 11.3 Å². The van der Waals surface area contributed by atoms with Crippen molar-refractivity contribution in [3.8, 4) is 5.75 Å². The molecule has 3 aromatic rings. The van der Waals surface area contributed by atoms with Crippen molar-refractivity contribution in [1.29, 1.82) is 0 Å². The maximum atomic E-state index is 13.3. The van der Waals surface area contributed by atoms with Gasteiger partial charge in [-0.25, -0.2) is 4.39 Å². The fourth-order valence-corrected chi connectivity index (χ4v) is 4.51. The summed E-state index contributed by atoms with van der Waals surface area (Å²) in [4.78, 5) is 30.8. The third kappa shape index (κ3) is 3.86. The second-order valence-electron chi connectivity index (χ2n) is 6.61. The molecule has 2 aromatic carbocycles. The molecule has 2 unspecified atom stereocenters. The fraction of sp³-hybridized carbons (Fsp3) is 0.136. The van der Waals surface area contributed by atoms with Crippen LogP contribution in [0.4, 0.5) is 10.1 Å². The molecule has 2 atom stereocenters. The van der Waals surface area contributed by atoms with E-state index in [1.165, 1.54) is 23.9 Å². The highest BCUT2D eigenvalue weighted by Gasteiger charge is 2.49. The van der Waals surface area contributed by atoms with Crippen molar-refractivity contribution in [2.24, 2.45) is 0 Å². The van der Waals surface area contributed by atoms with Crippen molar-refractivity contribution in [1.82, 2.24) is 4.98 Å². The summed E-state index contributed by atoms with van der Waals surface area (Å²) in [5.41, 5.74) is 1.98. The number of β-lactam (4-membered cyclic amide) rings is 1. The molecule has 146 valence electrons. The number of ketones is 1. The number of hydrogen-bond donors (Lipinski definition) is 1. The van der Waals surface area contributed by atoms with E-state index in [1.807, 2.05) is 0 Å². The molecule has 0 spiro atoms. The topological polar surface area (TPSA) is 70.5 Å². The number of amides is 1. The number of benzene rings is 2. The summed E-state index contributed by atoms with van der Waals surface area (Å²) in [6, 6.07) is 15.3. The summed E-state index contributed by atoms with van der Waals surface area (Å²) in [6.07, 6.45) is 3.11. The minimum Gasteiger partial charge on any atom is -0.508 e. The van der Waals surface area contributed by atoms with Gasteiger partial charge in [-0.3, -0.25) is 14.6 Å². The van der Waals surface area contributed by atoms with Crippen LogP contribution >= 0.6 is 11.8 Å². The molecule has 2 heterocycles. The summed E-state index contributed by atoms with van der Waals surface area (Å²) < 4.78 is 13.3. The number of carbonyl (C=O) groups excluding carboxylic acids is 2. The maximum absolute atomic E-state index is 13.3. The minimum atomic E-state index is -0.449. The largest absolute Gasteiger partial charge is 0.508 e. The normalized spacial score (nSPS) is 18.4. The van der Waals surface area contributed by atoms with Gasteiger partial charge < -0.3 is 10.0 Å².